The third kappa shape index (κ3) is 5.58. The summed E-state index contributed by atoms with van der Waals surface area (Å²) < 4.78 is 11.5. The van der Waals surface area contributed by atoms with Gasteiger partial charge in [-0.1, -0.05) is 40.2 Å². The summed E-state index contributed by atoms with van der Waals surface area (Å²) in [5, 5.41) is 3.58. The van der Waals surface area contributed by atoms with E-state index >= 15 is 0 Å². The topological polar surface area (TPSA) is 30.5 Å². The van der Waals surface area contributed by atoms with Crippen LogP contribution < -0.4 is 14.8 Å². The minimum absolute atomic E-state index is 0.380. The average Bonchev–Trinajstić information content (AvgIpc) is 2.54. The Balaban J connectivity index is 2.70. The number of ether oxygens (including phenoxy) is 2. The van der Waals surface area contributed by atoms with E-state index in [-0.39, 0.29) is 0 Å². The van der Waals surface area contributed by atoms with Crippen molar-refractivity contribution in [2.75, 3.05) is 20.3 Å². The fourth-order valence-corrected chi connectivity index (χ4v) is 2.27. The Morgan fingerprint density at radius 2 is 1.90 bits per heavy atom. The summed E-state index contributed by atoms with van der Waals surface area (Å²) in [5.41, 5.74) is 1.27. The van der Waals surface area contributed by atoms with Crippen LogP contribution in [0.25, 0.3) is 0 Å². The van der Waals surface area contributed by atoms with Crippen molar-refractivity contribution in [2.45, 2.75) is 53.0 Å². The SMILES string of the molecule is CCCNC(COc1ccc(CC)cc1OC)C(C)CC. The maximum Gasteiger partial charge on any atom is 0.161 e. The van der Waals surface area contributed by atoms with E-state index in [2.05, 4.69) is 45.1 Å². The van der Waals surface area contributed by atoms with E-state index in [1.54, 1.807) is 7.11 Å². The van der Waals surface area contributed by atoms with Crippen LogP contribution in [0.5, 0.6) is 11.5 Å². The Kier molecular flexibility index (Phi) is 8.21. The highest BCUT2D eigenvalue weighted by atomic mass is 16.5. The molecule has 0 aliphatic carbocycles. The van der Waals surface area contributed by atoms with Crippen LogP contribution in [-0.4, -0.2) is 26.3 Å². The molecule has 2 unspecified atom stereocenters. The number of benzene rings is 1. The molecule has 1 rings (SSSR count). The van der Waals surface area contributed by atoms with Crippen molar-refractivity contribution in [3.05, 3.63) is 23.8 Å². The highest BCUT2D eigenvalue weighted by Crippen LogP contribution is 2.28. The van der Waals surface area contributed by atoms with Gasteiger partial charge < -0.3 is 14.8 Å². The van der Waals surface area contributed by atoms with Gasteiger partial charge in [-0.3, -0.25) is 0 Å². The Bertz CT molecular complexity index is 406. The maximum absolute atomic E-state index is 6.02. The maximum atomic E-state index is 6.02. The number of nitrogens with one attached hydrogen (secondary N) is 1. The van der Waals surface area contributed by atoms with E-state index < -0.39 is 0 Å². The van der Waals surface area contributed by atoms with Crippen LogP contribution in [0.2, 0.25) is 0 Å². The molecule has 0 fully saturated rings. The normalized spacial score (nSPS) is 13.8. The Labute approximate surface area is 130 Å². The van der Waals surface area contributed by atoms with Crippen LogP contribution in [0.15, 0.2) is 18.2 Å². The highest BCUT2D eigenvalue weighted by Gasteiger charge is 2.16. The van der Waals surface area contributed by atoms with Crippen LogP contribution in [0.3, 0.4) is 0 Å². The van der Waals surface area contributed by atoms with Crippen LogP contribution in [0.1, 0.15) is 46.1 Å². The van der Waals surface area contributed by atoms with Gasteiger partial charge >= 0.3 is 0 Å². The Morgan fingerprint density at radius 1 is 1.14 bits per heavy atom. The third-order valence-corrected chi connectivity index (χ3v) is 4.04. The molecule has 0 aromatic heterocycles. The molecule has 0 heterocycles. The van der Waals surface area contributed by atoms with Crippen LogP contribution in [0, 0.1) is 5.92 Å². The van der Waals surface area contributed by atoms with E-state index in [1.807, 2.05) is 6.07 Å². The van der Waals surface area contributed by atoms with Crippen molar-refractivity contribution < 1.29 is 9.47 Å². The summed E-state index contributed by atoms with van der Waals surface area (Å²) >= 11 is 0. The van der Waals surface area contributed by atoms with Crippen molar-refractivity contribution in [1.82, 2.24) is 5.32 Å². The molecule has 0 aliphatic rings. The smallest absolute Gasteiger partial charge is 0.161 e. The van der Waals surface area contributed by atoms with Gasteiger partial charge in [-0.05, 0) is 43.0 Å². The standard InChI is InChI=1S/C18H31NO2/c1-6-11-19-16(14(4)7-2)13-21-17-10-9-15(8-3)12-18(17)20-5/h9-10,12,14,16,19H,6-8,11,13H2,1-5H3. The van der Waals surface area contributed by atoms with E-state index in [4.69, 9.17) is 9.47 Å². The highest BCUT2D eigenvalue weighted by molar-refractivity contribution is 5.43. The Morgan fingerprint density at radius 3 is 2.48 bits per heavy atom. The molecule has 1 N–H and O–H groups in total. The lowest BCUT2D eigenvalue weighted by atomic mass is 10.00. The molecule has 3 heteroatoms. The van der Waals surface area contributed by atoms with E-state index in [0.717, 1.165) is 37.3 Å². The molecular weight excluding hydrogens is 262 g/mol. The summed E-state index contributed by atoms with van der Waals surface area (Å²) in [5.74, 6) is 2.26. The molecule has 0 radical (unpaired) electrons. The second kappa shape index (κ2) is 9.67. The summed E-state index contributed by atoms with van der Waals surface area (Å²) in [6.07, 6.45) is 3.29. The van der Waals surface area contributed by atoms with E-state index in [0.29, 0.717) is 18.6 Å². The van der Waals surface area contributed by atoms with Gasteiger partial charge in [0.05, 0.1) is 7.11 Å². The molecule has 0 bridgehead atoms. The lowest BCUT2D eigenvalue weighted by Gasteiger charge is -2.25. The number of hydrogen-bond donors (Lipinski definition) is 1. The largest absolute Gasteiger partial charge is 0.493 e. The number of rotatable bonds is 10. The van der Waals surface area contributed by atoms with Crippen LogP contribution in [0.4, 0.5) is 0 Å². The van der Waals surface area contributed by atoms with Gasteiger partial charge in [-0.15, -0.1) is 0 Å². The van der Waals surface area contributed by atoms with Gasteiger partial charge in [0.2, 0.25) is 0 Å². The second-order valence-corrected chi connectivity index (χ2v) is 5.60. The first-order valence-electron chi connectivity index (χ1n) is 8.19. The van der Waals surface area contributed by atoms with Gasteiger partial charge in [-0.25, -0.2) is 0 Å². The lowest BCUT2D eigenvalue weighted by Crippen LogP contribution is -2.40. The molecular formula is C18H31NO2. The fraction of sp³-hybridized carbons (Fsp3) is 0.667. The lowest BCUT2D eigenvalue weighted by molar-refractivity contribution is 0.213. The minimum atomic E-state index is 0.380. The summed E-state index contributed by atoms with van der Waals surface area (Å²) in [6.45, 7) is 10.5. The van der Waals surface area contributed by atoms with Crippen molar-refractivity contribution in [3.63, 3.8) is 0 Å². The van der Waals surface area contributed by atoms with Crippen LogP contribution >= 0.6 is 0 Å². The molecule has 0 saturated heterocycles. The van der Waals surface area contributed by atoms with Crippen molar-refractivity contribution in [2.24, 2.45) is 5.92 Å². The quantitative estimate of drug-likeness (QED) is 0.706. The van der Waals surface area contributed by atoms with Crippen molar-refractivity contribution >= 4 is 0 Å². The number of aryl methyl sites for hydroxylation is 1. The molecule has 0 spiro atoms. The molecule has 0 aliphatic heterocycles. The van der Waals surface area contributed by atoms with Crippen LogP contribution in [-0.2, 0) is 6.42 Å². The molecule has 1 aromatic carbocycles. The predicted octanol–water partition coefficient (Wildman–Crippen LogP) is 4.05. The number of hydrogen-bond acceptors (Lipinski definition) is 3. The number of methoxy groups -OCH3 is 1. The molecule has 0 amide bonds. The van der Waals surface area contributed by atoms with Crippen molar-refractivity contribution in [3.8, 4) is 11.5 Å². The molecule has 0 saturated carbocycles. The van der Waals surface area contributed by atoms with Crippen molar-refractivity contribution in [1.29, 1.82) is 0 Å². The third-order valence-electron chi connectivity index (χ3n) is 4.04. The monoisotopic (exact) mass is 293 g/mol. The summed E-state index contributed by atoms with van der Waals surface area (Å²) in [7, 11) is 1.70. The van der Waals surface area contributed by atoms with Gasteiger partial charge in [0.15, 0.2) is 11.5 Å². The average molecular weight is 293 g/mol. The molecule has 2 atom stereocenters. The van der Waals surface area contributed by atoms with Gasteiger partial charge in [-0.2, -0.15) is 0 Å². The molecule has 120 valence electrons. The minimum Gasteiger partial charge on any atom is -0.493 e. The Hall–Kier alpha value is -1.22. The molecule has 21 heavy (non-hydrogen) atoms. The van der Waals surface area contributed by atoms with Gasteiger partial charge in [0.25, 0.3) is 0 Å². The zero-order valence-corrected chi connectivity index (χ0v) is 14.2. The van der Waals surface area contributed by atoms with E-state index in [9.17, 15) is 0 Å². The first kappa shape index (κ1) is 17.8. The second-order valence-electron chi connectivity index (χ2n) is 5.60. The first-order valence-corrected chi connectivity index (χ1v) is 8.19. The fourth-order valence-electron chi connectivity index (χ4n) is 2.27. The van der Waals surface area contributed by atoms with Gasteiger partial charge in [0, 0.05) is 6.04 Å². The predicted molar refractivity (Wildman–Crippen MR) is 89.4 cm³/mol. The summed E-state index contributed by atoms with van der Waals surface area (Å²) in [4.78, 5) is 0. The zero-order chi connectivity index (χ0) is 15.7. The molecule has 3 nitrogen and oxygen atoms in total. The van der Waals surface area contributed by atoms with E-state index in [1.165, 1.54) is 5.56 Å². The van der Waals surface area contributed by atoms with Gasteiger partial charge in [0.1, 0.15) is 6.61 Å². The zero-order valence-electron chi connectivity index (χ0n) is 14.2. The molecule has 1 aromatic rings. The first-order chi connectivity index (χ1) is 10.2. The summed E-state index contributed by atoms with van der Waals surface area (Å²) in [6, 6.07) is 6.57.